The maximum absolute atomic E-state index is 12.9. The van der Waals surface area contributed by atoms with Gasteiger partial charge in [0.1, 0.15) is 23.7 Å². The summed E-state index contributed by atoms with van der Waals surface area (Å²) in [4.78, 5) is 36.3. The molecule has 0 unspecified atom stereocenters. The summed E-state index contributed by atoms with van der Waals surface area (Å²) in [7, 11) is 0. The van der Waals surface area contributed by atoms with E-state index in [-0.39, 0.29) is 12.1 Å². The number of alkyl halides is 3. The number of anilines is 2. The van der Waals surface area contributed by atoms with Crippen molar-refractivity contribution in [2.24, 2.45) is 0 Å². The molecule has 13 heteroatoms. The zero-order chi connectivity index (χ0) is 28.9. The van der Waals surface area contributed by atoms with Crippen LogP contribution in [0.1, 0.15) is 12.6 Å². The van der Waals surface area contributed by atoms with Crippen molar-refractivity contribution in [3.8, 4) is 11.1 Å². The predicted molar refractivity (Wildman–Crippen MR) is 142 cm³/mol. The molecule has 0 aromatic carbocycles. The van der Waals surface area contributed by atoms with Gasteiger partial charge in [0, 0.05) is 44.1 Å². The maximum atomic E-state index is 12.9. The number of carbonyl (C=O) groups is 2. The second-order valence-electron chi connectivity index (χ2n) is 9.24. The van der Waals surface area contributed by atoms with Crippen LogP contribution < -0.4 is 10.2 Å². The average molecular weight is 556 g/mol. The summed E-state index contributed by atoms with van der Waals surface area (Å²) in [6, 6.07) is 5.85. The van der Waals surface area contributed by atoms with Gasteiger partial charge >= 0.3 is 12.3 Å². The molecule has 0 atom stereocenters. The molecule has 1 fully saturated rings. The highest BCUT2D eigenvalue weighted by molar-refractivity contribution is 5.89. The zero-order valence-corrected chi connectivity index (χ0v) is 21.8. The number of nitrogens with zero attached hydrogens (tertiary/aromatic N) is 6. The molecule has 4 rings (SSSR count). The fourth-order valence-corrected chi connectivity index (χ4v) is 3.91. The van der Waals surface area contributed by atoms with Gasteiger partial charge in [0.15, 0.2) is 0 Å². The number of piperazine rings is 1. The molecule has 4 heterocycles. The first-order valence-electron chi connectivity index (χ1n) is 12.3. The van der Waals surface area contributed by atoms with Crippen molar-refractivity contribution in [3.05, 3.63) is 80.1 Å². The van der Waals surface area contributed by atoms with Crippen LogP contribution in [0.5, 0.6) is 0 Å². The summed E-state index contributed by atoms with van der Waals surface area (Å²) >= 11 is 0. The number of aromatic nitrogens is 4. The van der Waals surface area contributed by atoms with E-state index in [4.69, 9.17) is 4.74 Å². The number of carbonyl (C=O) groups excluding carboxylic acids is 2. The van der Waals surface area contributed by atoms with Gasteiger partial charge in [-0.2, -0.15) is 18.3 Å². The molecule has 1 saturated heterocycles. The minimum atomic E-state index is -4.56. The van der Waals surface area contributed by atoms with E-state index in [1.54, 1.807) is 24.1 Å². The fourth-order valence-electron chi connectivity index (χ4n) is 3.91. The average Bonchev–Trinajstić information content (AvgIpc) is 3.41. The van der Waals surface area contributed by atoms with Gasteiger partial charge in [-0.3, -0.25) is 14.5 Å². The van der Waals surface area contributed by atoms with Gasteiger partial charge in [0.2, 0.25) is 5.91 Å². The summed E-state index contributed by atoms with van der Waals surface area (Å²) < 4.78 is 45.6. The Kier molecular flexibility index (Phi) is 8.21. The van der Waals surface area contributed by atoms with E-state index >= 15 is 0 Å². The van der Waals surface area contributed by atoms with Gasteiger partial charge in [0.05, 0.1) is 18.1 Å². The van der Waals surface area contributed by atoms with Crippen molar-refractivity contribution in [1.82, 2.24) is 24.6 Å². The summed E-state index contributed by atoms with van der Waals surface area (Å²) in [6.07, 6.45) is 3.61. The van der Waals surface area contributed by atoms with Gasteiger partial charge < -0.3 is 19.9 Å². The second kappa shape index (κ2) is 11.6. The SMILES string of the molecule is C=CC(C)(C=C)OC(=O)N1CCN(c2ccc(NC(=O)Cn3cc(-c4ccnc(C(F)(F)F)c4)cn3)nc2)CC1. The third kappa shape index (κ3) is 6.84. The van der Waals surface area contributed by atoms with Gasteiger partial charge in [-0.1, -0.05) is 13.2 Å². The maximum Gasteiger partial charge on any atom is 0.433 e. The van der Waals surface area contributed by atoms with Gasteiger partial charge in [-0.15, -0.1) is 0 Å². The van der Waals surface area contributed by atoms with E-state index in [2.05, 4.69) is 38.4 Å². The van der Waals surface area contributed by atoms with Crippen LogP contribution in [0.15, 0.2) is 74.4 Å². The molecule has 0 aliphatic carbocycles. The lowest BCUT2D eigenvalue weighted by Gasteiger charge is -2.36. The van der Waals surface area contributed by atoms with E-state index in [0.717, 1.165) is 18.0 Å². The monoisotopic (exact) mass is 555 g/mol. The van der Waals surface area contributed by atoms with Crippen LogP contribution in [0.4, 0.5) is 29.5 Å². The Labute approximate surface area is 228 Å². The molecule has 3 aromatic rings. The number of rotatable bonds is 8. The smallest absolute Gasteiger partial charge is 0.433 e. The molecule has 210 valence electrons. The van der Waals surface area contributed by atoms with Crippen molar-refractivity contribution in [3.63, 3.8) is 0 Å². The number of halogens is 3. The molecule has 0 spiro atoms. The Morgan fingerprint density at radius 3 is 2.40 bits per heavy atom. The molecule has 40 heavy (non-hydrogen) atoms. The van der Waals surface area contributed by atoms with Crippen molar-refractivity contribution < 1.29 is 27.5 Å². The van der Waals surface area contributed by atoms with Crippen LogP contribution in [-0.4, -0.2) is 68.4 Å². The van der Waals surface area contributed by atoms with Crippen molar-refractivity contribution >= 4 is 23.5 Å². The fraction of sp³-hybridized carbons (Fsp3) is 0.296. The first-order valence-corrected chi connectivity index (χ1v) is 12.3. The van der Waals surface area contributed by atoms with Crippen LogP contribution in [0, 0.1) is 0 Å². The molecule has 10 nitrogen and oxygen atoms in total. The number of hydrogen-bond acceptors (Lipinski definition) is 7. The van der Waals surface area contributed by atoms with Crippen LogP contribution in [-0.2, 0) is 22.3 Å². The standard InChI is InChI=1S/C27H28F3N7O3/c1-4-26(3,5-2)40-25(39)36-12-10-35(11-13-36)21-6-7-23(32-16-21)34-24(38)18-37-17-20(15-33-37)19-8-9-31-22(14-19)27(28,29)30/h4-9,14-17H,1-2,10-13,18H2,3H3,(H,32,34,38). The van der Waals surface area contributed by atoms with Crippen LogP contribution in [0.3, 0.4) is 0 Å². The highest BCUT2D eigenvalue weighted by Gasteiger charge is 2.32. The van der Waals surface area contributed by atoms with Crippen LogP contribution >= 0.6 is 0 Å². The largest absolute Gasteiger partial charge is 0.435 e. The van der Waals surface area contributed by atoms with E-state index in [1.807, 2.05) is 6.07 Å². The molecule has 1 aliphatic heterocycles. The summed E-state index contributed by atoms with van der Waals surface area (Å²) in [6.45, 7) is 11.0. The molecule has 1 N–H and O–H groups in total. The van der Waals surface area contributed by atoms with Crippen molar-refractivity contribution in [2.45, 2.75) is 25.2 Å². The molecule has 0 radical (unpaired) electrons. The lowest BCUT2D eigenvalue weighted by Crippen LogP contribution is -2.50. The molecule has 0 saturated carbocycles. The van der Waals surface area contributed by atoms with E-state index < -0.39 is 29.5 Å². The lowest BCUT2D eigenvalue weighted by atomic mass is 10.1. The summed E-state index contributed by atoms with van der Waals surface area (Å²) in [5.74, 6) is -0.0702. The molecular weight excluding hydrogens is 527 g/mol. The Bertz CT molecular complexity index is 1370. The Hall–Kier alpha value is -4.68. The van der Waals surface area contributed by atoms with E-state index in [9.17, 15) is 22.8 Å². The van der Waals surface area contributed by atoms with Gasteiger partial charge in [-0.25, -0.2) is 9.78 Å². The molecular formula is C27H28F3N7O3. The summed E-state index contributed by atoms with van der Waals surface area (Å²) in [5.41, 5.74) is -0.393. The number of amides is 2. The Morgan fingerprint density at radius 1 is 1.05 bits per heavy atom. The summed E-state index contributed by atoms with van der Waals surface area (Å²) in [5, 5.41) is 6.75. The normalized spacial score (nSPS) is 14.0. The topological polar surface area (TPSA) is 105 Å². The highest BCUT2D eigenvalue weighted by Crippen LogP contribution is 2.30. The second-order valence-corrected chi connectivity index (χ2v) is 9.24. The van der Waals surface area contributed by atoms with E-state index in [1.165, 1.54) is 35.3 Å². The Balaban J connectivity index is 1.28. The van der Waals surface area contributed by atoms with Crippen molar-refractivity contribution in [1.29, 1.82) is 0 Å². The third-order valence-corrected chi connectivity index (χ3v) is 6.36. The first-order chi connectivity index (χ1) is 19.0. The quantitative estimate of drug-likeness (QED) is 0.411. The van der Waals surface area contributed by atoms with Crippen molar-refractivity contribution in [2.75, 3.05) is 36.4 Å². The van der Waals surface area contributed by atoms with Gasteiger partial charge in [-0.05, 0) is 48.9 Å². The molecule has 3 aromatic heterocycles. The minimum absolute atomic E-state index is 0.157. The lowest BCUT2D eigenvalue weighted by molar-refractivity contribution is -0.141. The number of nitrogens with one attached hydrogen (secondary N) is 1. The first kappa shape index (κ1) is 28.3. The molecule has 2 amide bonds. The number of ether oxygens (including phenoxy) is 1. The predicted octanol–water partition coefficient (Wildman–Crippen LogP) is 4.39. The minimum Gasteiger partial charge on any atom is -0.435 e. The van der Waals surface area contributed by atoms with Crippen LogP contribution in [0.25, 0.3) is 11.1 Å². The number of pyridine rings is 2. The molecule has 0 bridgehead atoms. The highest BCUT2D eigenvalue weighted by atomic mass is 19.4. The molecule has 1 aliphatic rings. The van der Waals surface area contributed by atoms with Crippen LogP contribution in [0.2, 0.25) is 0 Å². The number of hydrogen-bond donors (Lipinski definition) is 1. The zero-order valence-electron chi connectivity index (χ0n) is 21.8. The van der Waals surface area contributed by atoms with E-state index in [0.29, 0.717) is 37.6 Å². The Morgan fingerprint density at radius 2 is 1.77 bits per heavy atom. The van der Waals surface area contributed by atoms with Gasteiger partial charge in [0.25, 0.3) is 0 Å². The third-order valence-electron chi connectivity index (χ3n) is 6.36.